The smallest absolute Gasteiger partial charge is 0.0720 e. The fourth-order valence-corrected chi connectivity index (χ4v) is 4.10. The molecular weight excluding hydrogens is 191 g/mol. The van der Waals surface area contributed by atoms with E-state index in [0.717, 1.165) is 0 Å². The molecule has 0 saturated carbocycles. The normalized spacial score (nSPS) is 20.5. The van der Waals surface area contributed by atoms with Gasteiger partial charge in [0.2, 0.25) is 0 Å². The summed E-state index contributed by atoms with van der Waals surface area (Å²) in [6.07, 6.45) is 0. The lowest BCUT2D eigenvalue weighted by Gasteiger charge is -2.24. The van der Waals surface area contributed by atoms with Gasteiger partial charge in [-0.3, -0.25) is 9.34 Å². The minimum atomic E-state index is -0.208. The van der Waals surface area contributed by atoms with Gasteiger partial charge in [-0.15, -0.1) is 0 Å². The summed E-state index contributed by atoms with van der Waals surface area (Å²) in [6.45, 7) is 4.52. The fourth-order valence-electron chi connectivity index (χ4n) is 1.81. The number of aryl methyl sites for hydroxylation is 1. The molecular formula is C11H17N2P. The van der Waals surface area contributed by atoms with Crippen molar-refractivity contribution in [3.63, 3.8) is 0 Å². The number of nitrogens with zero attached hydrogens (tertiary/aromatic N) is 2. The van der Waals surface area contributed by atoms with E-state index in [1.54, 1.807) is 0 Å². The van der Waals surface area contributed by atoms with Gasteiger partial charge >= 0.3 is 0 Å². The summed E-state index contributed by atoms with van der Waals surface area (Å²) in [5, 5.41) is 1.47. The summed E-state index contributed by atoms with van der Waals surface area (Å²) in [5.41, 5.74) is 1.34. The van der Waals surface area contributed by atoms with Crippen LogP contribution in [0.1, 0.15) is 5.56 Å². The molecule has 1 heterocycles. The second-order valence-electron chi connectivity index (χ2n) is 3.89. The summed E-state index contributed by atoms with van der Waals surface area (Å²) in [4.78, 5) is 0. The standard InChI is InChI=1S/C11H17N2P/c1-10-4-6-11(7-5-10)14-12(2)8-9-13(14)3/h4-7H,8-9H2,1-3H3. The van der Waals surface area contributed by atoms with E-state index in [1.165, 1.54) is 24.0 Å². The predicted octanol–water partition coefficient (Wildman–Crippen LogP) is 1.81. The highest BCUT2D eigenvalue weighted by atomic mass is 31.1. The number of hydrogen-bond acceptors (Lipinski definition) is 2. The summed E-state index contributed by atoms with van der Waals surface area (Å²) in [7, 11) is 4.23. The van der Waals surface area contributed by atoms with Crippen LogP contribution in [0.15, 0.2) is 24.3 Å². The lowest BCUT2D eigenvalue weighted by atomic mass is 10.2. The predicted molar refractivity (Wildman–Crippen MR) is 63.0 cm³/mol. The highest BCUT2D eigenvalue weighted by Crippen LogP contribution is 2.44. The van der Waals surface area contributed by atoms with E-state index < -0.39 is 0 Å². The number of likely N-dealkylation sites (N-methyl/N-ethyl adjacent to an activating group) is 2. The third-order valence-electron chi connectivity index (χ3n) is 2.66. The zero-order valence-electron chi connectivity index (χ0n) is 9.07. The van der Waals surface area contributed by atoms with Gasteiger partial charge in [0, 0.05) is 18.4 Å². The Hall–Kier alpha value is -0.430. The minimum absolute atomic E-state index is 0.208. The summed E-state index contributed by atoms with van der Waals surface area (Å²) >= 11 is 0. The molecule has 1 aromatic carbocycles. The fraction of sp³-hybridized carbons (Fsp3) is 0.455. The first-order chi connectivity index (χ1) is 6.68. The number of hydrogen-bond donors (Lipinski definition) is 0. The first-order valence-electron chi connectivity index (χ1n) is 4.97. The molecule has 0 atom stereocenters. The van der Waals surface area contributed by atoms with Crippen LogP contribution in [0.4, 0.5) is 0 Å². The molecule has 3 heteroatoms. The van der Waals surface area contributed by atoms with Crippen LogP contribution < -0.4 is 5.30 Å². The van der Waals surface area contributed by atoms with Crippen LogP contribution in [0.25, 0.3) is 0 Å². The van der Waals surface area contributed by atoms with E-state index in [1.807, 2.05) is 0 Å². The lowest BCUT2D eigenvalue weighted by molar-refractivity contribution is 0.553. The molecule has 1 fully saturated rings. The first-order valence-corrected chi connectivity index (χ1v) is 6.22. The number of benzene rings is 1. The van der Waals surface area contributed by atoms with Crippen molar-refractivity contribution in [2.75, 3.05) is 27.2 Å². The maximum Gasteiger partial charge on any atom is 0.0720 e. The quantitative estimate of drug-likeness (QED) is 0.649. The van der Waals surface area contributed by atoms with Crippen molar-refractivity contribution in [1.82, 2.24) is 9.34 Å². The van der Waals surface area contributed by atoms with E-state index in [0.29, 0.717) is 0 Å². The Bertz CT molecular complexity index is 300. The molecule has 1 aliphatic heterocycles. The average Bonchev–Trinajstić information content (AvgIpc) is 2.49. The highest BCUT2D eigenvalue weighted by Gasteiger charge is 2.27. The van der Waals surface area contributed by atoms with Gasteiger partial charge in [0.05, 0.1) is 8.22 Å². The van der Waals surface area contributed by atoms with Gasteiger partial charge in [-0.2, -0.15) is 0 Å². The van der Waals surface area contributed by atoms with E-state index >= 15 is 0 Å². The average molecular weight is 208 g/mol. The third-order valence-corrected chi connectivity index (χ3v) is 5.11. The Morgan fingerprint density at radius 3 is 2.00 bits per heavy atom. The summed E-state index contributed by atoms with van der Waals surface area (Å²) < 4.78 is 4.92. The SMILES string of the molecule is Cc1ccc(P2N(C)CCN2C)cc1. The van der Waals surface area contributed by atoms with Crippen LogP contribution in [-0.2, 0) is 0 Å². The van der Waals surface area contributed by atoms with Gasteiger partial charge in [0.1, 0.15) is 0 Å². The van der Waals surface area contributed by atoms with E-state index in [2.05, 4.69) is 54.6 Å². The zero-order valence-corrected chi connectivity index (χ0v) is 9.96. The minimum Gasteiger partial charge on any atom is -0.268 e. The second-order valence-corrected chi connectivity index (χ2v) is 6.35. The zero-order chi connectivity index (χ0) is 10.1. The van der Waals surface area contributed by atoms with Crippen LogP contribution >= 0.6 is 8.22 Å². The highest BCUT2D eigenvalue weighted by molar-refractivity contribution is 7.61. The molecule has 0 bridgehead atoms. The van der Waals surface area contributed by atoms with Crippen LogP contribution in [0.3, 0.4) is 0 Å². The molecule has 1 saturated heterocycles. The van der Waals surface area contributed by atoms with Crippen LogP contribution in [0.2, 0.25) is 0 Å². The topological polar surface area (TPSA) is 6.48 Å². The lowest BCUT2D eigenvalue weighted by Crippen LogP contribution is -2.18. The van der Waals surface area contributed by atoms with Gasteiger partial charge in [-0.1, -0.05) is 29.8 Å². The number of rotatable bonds is 1. The Morgan fingerprint density at radius 2 is 1.50 bits per heavy atom. The summed E-state index contributed by atoms with van der Waals surface area (Å²) in [5.74, 6) is 0. The Balaban J connectivity index is 2.25. The Kier molecular flexibility index (Phi) is 2.87. The molecule has 0 aliphatic carbocycles. The molecule has 2 rings (SSSR count). The van der Waals surface area contributed by atoms with E-state index in [9.17, 15) is 0 Å². The van der Waals surface area contributed by atoms with Gasteiger partial charge in [0.25, 0.3) is 0 Å². The van der Waals surface area contributed by atoms with Crippen molar-refractivity contribution < 1.29 is 0 Å². The third kappa shape index (κ3) is 1.83. The van der Waals surface area contributed by atoms with Crippen molar-refractivity contribution in [1.29, 1.82) is 0 Å². The molecule has 14 heavy (non-hydrogen) atoms. The maximum absolute atomic E-state index is 2.46. The Morgan fingerprint density at radius 1 is 1.00 bits per heavy atom. The molecule has 76 valence electrons. The largest absolute Gasteiger partial charge is 0.268 e. The molecule has 2 nitrogen and oxygen atoms in total. The van der Waals surface area contributed by atoms with Gasteiger partial charge < -0.3 is 0 Å². The van der Waals surface area contributed by atoms with Crippen LogP contribution in [-0.4, -0.2) is 36.5 Å². The van der Waals surface area contributed by atoms with Crippen LogP contribution in [0.5, 0.6) is 0 Å². The van der Waals surface area contributed by atoms with E-state index in [-0.39, 0.29) is 8.22 Å². The van der Waals surface area contributed by atoms with Gasteiger partial charge in [-0.05, 0) is 21.0 Å². The van der Waals surface area contributed by atoms with Gasteiger partial charge in [0.15, 0.2) is 0 Å². The molecule has 0 spiro atoms. The molecule has 1 aromatic rings. The van der Waals surface area contributed by atoms with Crippen molar-refractivity contribution >= 4 is 13.5 Å². The van der Waals surface area contributed by atoms with Crippen molar-refractivity contribution in [3.05, 3.63) is 29.8 Å². The molecule has 1 aliphatic rings. The van der Waals surface area contributed by atoms with E-state index in [4.69, 9.17) is 0 Å². The monoisotopic (exact) mass is 208 g/mol. The molecule has 0 N–H and O–H groups in total. The maximum atomic E-state index is 2.46. The second kappa shape index (κ2) is 3.98. The van der Waals surface area contributed by atoms with Crippen molar-refractivity contribution in [2.24, 2.45) is 0 Å². The van der Waals surface area contributed by atoms with Crippen molar-refractivity contribution in [3.8, 4) is 0 Å². The first kappa shape index (κ1) is 10.1. The molecule has 0 amide bonds. The summed E-state index contributed by atoms with van der Waals surface area (Å²) in [6, 6.07) is 8.94. The molecule has 0 aromatic heterocycles. The van der Waals surface area contributed by atoms with Crippen molar-refractivity contribution in [2.45, 2.75) is 6.92 Å². The molecule has 0 radical (unpaired) electrons. The van der Waals surface area contributed by atoms with Crippen LogP contribution in [0, 0.1) is 6.92 Å². The van der Waals surface area contributed by atoms with Gasteiger partial charge in [-0.25, -0.2) is 0 Å². The Labute approximate surface area is 87.4 Å². The molecule has 0 unspecified atom stereocenters.